The van der Waals surface area contributed by atoms with Crippen molar-refractivity contribution in [1.29, 1.82) is 0 Å². The summed E-state index contributed by atoms with van der Waals surface area (Å²) in [5.41, 5.74) is 0. The molecule has 4 heteroatoms. The normalized spacial score (nSPS) is 7.71. The molecule has 0 aliphatic heterocycles. The van der Waals surface area contributed by atoms with Gasteiger partial charge in [0.2, 0.25) is 0 Å². The lowest BCUT2D eigenvalue weighted by molar-refractivity contribution is 0.197. The highest BCUT2D eigenvalue weighted by Crippen LogP contribution is 1.66. The Hall–Kier alpha value is -0.505. The summed E-state index contributed by atoms with van der Waals surface area (Å²) >= 11 is 0. The van der Waals surface area contributed by atoms with Gasteiger partial charge in [0.25, 0.3) is 5.87 Å². The van der Waals surface area contributed by atoms with Crippen LogP contribution >= 0.6 is 0 Å². The number of nitrogens with one attached hydrogen (secondary N) is 1. The average Bonchev–Trinajstić information content (AvgIpc) is 1.68. The molecule has 0 saturated heterocycles. The van der Waals surface area contributed by atoms with Gasteiger partial charge in [-0.15, -0.1) is 0 Å². The van der Waals surface area contributed by atoms with E-state index < -0.39 is 0 Å². The van der Waals surface area contributed by atoms with E-state index in [-0.39, 0.29) is 5.87 Å². The molecule has 1 N–H and O–H groups in total. The first kappa shape index (κ1) is 6.49. The van der Waals surface area contributed by atoms with E-state index >= 15 is 0 Å². The Morgan fingerprint density at radius 1 is 1.86 bits per heavy atom. The van der Waals surface area contributed by atoms with E-state index in [0.29, 0.717) is 0 Å². The summed E-state index contributed by atoms with van der Waals surface area (Å²) < 4.78 is 4.23. The lowest BCUT2D eigenvalue weighted by atomic mass is 9.97. The first-order valence-corrected chi connectivity index (χ1v) is 1.89. The molecule has 3 nitrogen and oxygen atoms in total. The number of ether oxygens (including phenoxy) is 1. The summed E-state index contributed by atoms with van der Waals surface area (Å²) in [6.45, 7) is 0. The third kappa shape index (κ3) is 3.32. The average molecular weight is 99.9 g/mol. The van der Waals surface area contributed by atoms with Gasteiger partial charge in [-0.25, -0.2) is 0 Å². The Labute approximate surface area is 43.3 Å². The summed E-state index contributed by atoms with van der Waals surface area (Å²) in [6, 6.07) is 0. The van der Waals surface area contributed by atoms with E-state index in [9.17, 15) is 4.79 Å². The van der Waals surface area contributed by atoms with Gasteiger partial charge in [-0.3, -0.25) is 4.79 Å². The van der Waals surface area contributed by atoms with Gasteiger partial charge < -0.3 is 9.96 Å². The van der Waals surface area contributed by atoms with E-state index in [2.05, 4.69) is 9.96 Å². The van der Waals surface area contributed by atoms with E-state index in [0.717, 1.165) is 0 Å². The molecule has 0 aromatic heterocycles. The predicted molar refractivity (Wildman–Crippen MR) is 27.2 cm³/mol. The topological polar surface area (TPSA) is 38.3 Å². The zero-order valence-electron chi connectivity index (χ0n) is 4.39. The zero-order valence-corrected chi connectivity index (χ0v) is 4.39. The molecule has 0 unspecified atom stereocenters. The summed E-state index contributed by atoms with van der Waals surface area (Å²) in [5, 5.41) is 2.52. The maximum atomic E-state index is 10.1. The maximum absolute atomic E-state index is 10.1. The molecule has 0 rings (SSSR count). The van der Waals surface area contributed by atoms with Gasteiger partial charge in [-0.2, -0.15) is 0 Å². The van der Waals surface area contributed by atoms with Crippen molar-refractivity contribution in [3.8, 4) is 0 Å². The summed E-state index contributed by atoms with van der Waals surface area (Å²) in [7, 11) is 4.20. The smallest absolute Gasteiger partial charge is 0.354 e. The summed E-state index contributed by atoms with van der Waals surface area (Å²) in [5.74, 6) is -0.359. The minimum atomic E-state index is -0.359. The minimum absolute atomic E-state index is 0.359. The molecule has 7 heavy (non-hydrogen) atoms. The van der Waals surface area contributed by atoms with Crippen LogP contribution in [0.3, 0.4) is 0 Å². The van der Waals surface area contributed by atoms with Gasteiger partial charge in [0.05, 0.1) is 7.11 Å². The lowest BCUT2D eigenvalue weighted by Gasteiger charge is -1.90. The van der Waals surface area contributed by atoms with Crippen LogP contribution in [0.5, 0.6) is 0 Å². The van der Waals surface area contributed by atoms with Crippen LogP contribution in [0, 0.1) is 0 Å². The Morgan fingerprint density at radius 2 is 2.43 bits per heavy atom. The van der Waals surface area contributed by atoms with Crippen LogP contribution in [-0.4, -0.2) is 27.4 Å². The number of carbonyl (C=O) groups excluding carboxylic acids is 1. The summed E-state index contributed by atoms with van der Waals surface area (Å²) in [4.78, 5) is 10.1. The molecule has 1 radical (unpaired) electrons. The second kappa shape index (κ2) is 3.68. The van der Waals surface area contributed by atoms with Crippen molar-refractivity contribution >= 4 is 13.3 Å². The van der Waals surface area contributed by atoms with Gasteiger partial charge >= 0.3 is 7.41 Å². The first-order valence-electron chi connectivity index (χ1n) is 1.89. The van der Waals surface area contributed by atoms with Crippen LogP contribution in [0.25, 0.3) is 0 Å². The van der Waals surface area contributed by atoms with E-state index in [4.69, 9.17) is 0 Å². The fourth-order valence-electron chi connectivity index (χ4n) is 0.177. The van der Waals surface area contributed by atoms with E-state index in [1.54, 1.807) is 7.05 Å². The molecule has 0 bridgehead atoms. The third-order valence-corrected chi connectivity index (χ3v) is 0.463. The number of methoxy groups -OCH3 is 1. The van der Waals surface area contributed by atoms with Crippen molar-refractivity contribution in [2.24, 2.45) is 0 Å². The first-order chi connectivity index (χ1) is 3.31. The largest absolute Gasteiger partial charge is 0.476 e. The molecule has 0 fully saturated rings. The van der Waals surface area contributed by atoms with Crippen LogP contribution in [0.4, 0.5) is 4.79 Å². The molecular formula is C3H7BNO2. The number of rotatable bonds is 2. The van der Waals surface area contributed by atoms with Crippen molar-refractivity contribution in [1.82, 2.24) is 5.23 Å². The highest BCUT2D eigenvalue weighted by Gasteiger charge is 1.96. The van der Waals surface area contributed by atoms with Crippen LogP contribution in [0.2, 0.25) is 0 Å². The molecule has 0 amide bonds. The standard InChI is InChI=1S/C3H7BNO2/c1-5-4-3(6)7-2/h5H,1-2H3. The highest BCUT2D eigenvalue weighted by atomic mass is 16.5. The van der Waals surface area contributed by atoms with Crippen LogP contribution in [0.15, 0.2) is 0 Å². The van der Waals surface area contributed by atoms with E-state index in [1.165, 1.54) is 14.5 Å². The van der Waals surface area contributed by atoms with Crippen LogP contribution < -0.4 is 5.23 Å². The van der Waals surface area contributed by atoms with Crippen molar-refractivity contribution < 1.29 is 9.53 Å². The Bertz CT molecular complexity index is 66.0. The Kier molecular flexibility index (Phi) is 3.41. The van der Waals surface area contributed by atoms with Crippen molar-refractivity contribution in [3.05, 3.63) is 0 Å². The van der Waals surface area contributed by atoms with Gasteiger partial charge in [-0.05, 0) is 7.05 Å². The molecule has 0 aliphatic rings. The van der Waals surface area contributed by atoms with Crippen molar-refractivity contribution in [2.75, 3.05) is 14.2 Å². The number of carbonyl (C=O) groups is 1. The molecule has 0 heterocycles. The molecule has 0 atom stereocenters. The van der Waals surface area contributed by atoms with Gasteiger partial charge in [-0.1, -0.05) is 0 Å². The predicted octanol–water partition coefficient (Wildman–Crippen LogP) is -0.409. The SMILES string of the molecule is CN[B]C(=O)OC. The molecule has 0 aliphatic carbocycles. The second-order valence-electron chi connectivity index (χ2n) is 0.956. The minimum Gasteiger partial charge on any atom is -0.476 e. The van der Waals surface area contributed by atoms with Gasteiger partial charge in [0, 0.05) is 0 Å². The molecular weight excluding hydrogens is 92.8 g/mol. The fourth-order valence-corrected chi connectivity index (χ4v) is 0.177. The number of hydrogen-bond acceptors (Lipinski definition) is 3. The zero-order chi connectivity index (χ0) is 5.70. The molecule has 0 aromatic carbocycles. The molecule has 0 saturated carbocycles. The second-order valence-corrected chi connectivity index (χ2v) is 0.956. The third-order valence-electron chi connectivity index (χ3n) is 0.463. The Balaban J connectivity index is 3.00. The molecule has 0 spiro atoms. The van der Waals surface area contributed by atoms with Crippen LogP contribution in [-0.2, 0) is 4.74 Å². The maximum Gasteiger partial charge on any atom is 0.354 e. The quantitative estimate of drug-likeness (QED) is 0.479. The lowest BCUT2D eigenvalue weighted by Crippen LogP contribution is -2.22. The fraction of sp³-hybridized carbons (Fsp3) is 0.667. The highest BCUT2D eigenvalue weighted by molar-refractivity contribution is 6.69. The van der Waals surface area contributed by atoms with Crippen LogP contribution in [0.1, 0.15) is 0 Å². The van der Waals surface area contributed by atoms with Crippen molar-refractivity contribution in [2.45, 2.75) is 0 Å². The Morgan fingerprint density at radius 3 is 2.57 bits per heavy atom. The van der Waals surface area contributed by atoms with Gasteiger partial charge in [0.15, 0.2) is 0 Å². The van der Waals surface area contributed by atoms with E-state index in [1.807, 2.05) is 0 Å². The molecule has 39 valence electrons. The molecule has 0 aromatic rings. The monoisotopic (exact) mass is 100 g/mol. The number of hydrogen-bond donors (Lipinski definition) is 1. The van der Waals surface area contributed by atoms with Gasteiger partial charge in [0.1, 0.15) is 0 Å². The summed E-state index contributed by atoms with van der Waals surface area (Å²) in [6.07, 6.45) is 0. The van der Waals surface area contributed by atoms with Crippen molar-refractivity contribution in [3.63, 3.8) is 0 Å².